The van der Waals surface area contributed by atoms with Gasteiger partial charge in [-0.1, -0.05) is 29.8 Å². The largest absolute Gasteiger partial charge is 0.293 e. The van der Waals surface area contributed by atoms with Crippen molar-refractivity contribution in [2.75, 3.05) is 0 Å². The molecule has 0 spiro atoms. The number of carbonyl (C=O) groups excluding carboxylic acids is 1. The molecule has 0 aliphatic heterocycles. The molecule has 1 heterocycles. The highest BCUT2D eigenvalue weighted by atomic mass is 79.9. The van der Waals surface area contributed by atoms with Crippen molar-refractivity contribution in [2.45, 2.75) is 18.8 Å². The van der Waals surface area contributed by atoms with Crippen LogP contribution in [-0.4, -0.2) is 10.8 Å². The van der Waals surface area contributed by atoms with Crippen LogP contribution in [0.5, 0.6) is 0 Å². The third kappa shape index (κ3) is 2.13. The van der Waals surface area contributed by atoms with Gasteiger partial charge in [0.2, 0.25) is 0 Å². The van der Waals surface area contributed by atoms with Gasteiger partial charge >= 0.3 is 0 Å². The van der Waals surface area contributed by atoms with Crippen LogP contribution in [0, 0.1) is 0 Å². The Morgan fingerprint density at radius 3 is 2.89 bits per heavy atom. The molecule has 18 heavy (non-hydrogen) atoms. The second-order valence-corrected chi connectivity index (χ2v) is 6.97. The van der Waals surface area contributed by atoms with Gasteiger partial charge in [-0.2, -0.15) is 0 Å². The monoisotopic (exact) mass is 341 g/mol. The molecule has 2 aromatic rings. The Morgan fingerprint density at radius 1 is 1.33 bits per heavy atom. The Bertz CT molecular complexity index is 625. The maximum atomic E-state index is 12.1. The minimum Gasteiger partial charge on any atom is -0.293 e. The highest BCUT2D eigenvalue weighted by Crippen LogP contribution is 2.38. The standard InChI is InChI=1S/C13H9BrClNOS/c14-13-16-10-5-7(6-11(17)12(10)18-13)8-3-1-2-4-9(8)15/h1-4,7H,5-6H2. The molecule has 1 aromatic heterocycles. The lowest BCUT2D eigenvalue weighted by atomic mass is 9.84. The minimum absolute atomic E-state index is 0.146. The van der Waals surface area contributed by atoms with E-state index in [9.17, 15) is 4.79 Å². The molecule has 0 amide bonds. The number of thiazole rings is 1. The number of benzene rings is 1. The number of carbonyl (C=O) groups is 1. The predicted octanol–water partition coefficient (Wildman–Crippen LogP) is 4.47. The van der Waals surface area contributed by atoms with Crippen LogP contribution in [0.1, 0.15) is 33.3 Å². The van der Waals surface area contributed by atoms with E-state index in [-0.39, 0.29) is 11.7 Å². The molecule has 2 nitrogen and oxygen atoms in total. The highest BCUT2D eigenvalue weighted by molar-refractivity contribution is 9.11. The Morgan fingerprint density at radius 2 is 2.11 bits per heavy atom. The van der Waals surface area contributed by atoms with Crippen LogP contribution < -0.4 is 0 Å². The van der Waals surface area contributed by atoms with Gasteiger partial charge < -0.3 is 0 Å². The van der Waals surface area contributed by atoms with Crippen LogP contribution in [0.4, 0.5) is 0 Å². The number of fused-ring (bicyclic) bond motifs is 1. The average molecular weight is 343 g/mol. The normalized spacial score (nSPS) is 18.8. The Balaban J connectivity index is 1.99. The lowest BCUT2D eigenvalue weighted by molar-refractivity contribution is 0.0968. The van der Waals surface area contributed by atoms with Crippen molar-refractivity contribution in [1.29, 1.82) is 0 Å². The number of nitrogens with zero attached hydrogens (tertiary/aromatic N) is 1. The second-order valence-electron chi connectivity index (χ2n) is 4.29. The van der Waals surface area contributed by atoms with Crippen molar-refractivity contribution in [2.24, 2.45) is 0 Å². The Labute approximate surface area is 122 Å². The first kappa shape index (κ1) is 12.3. The smallest absolute Gasteiger partial charge is 0.175 e. The SMILES string of the molecule is O=C1CC(c2ccccc2Cl)Cc2nc(Br)sc21. The van der Waals surface area contributed by atoms with E-state index >= 15 is 0 Å². The molecule has 1 aromatic carbocycles. The first-order chi connectivity index (χ1) is 8.65. The predicted molar refractivity (Wildman–Crippen MR) is 76.7 cm³/mol. The summed E-state index contributed by atoms with van der Waals surface area (Å²) in [6.45, 7) is 0. The molecule has 1 aliphatic rings. The summed E-state index contributed by atoms with van der Waals surface area (Å²) < 4.78 is 0.778. The fraction of sp³-hybridized carbons (Fsp3) is 0.231. The van der Waals surface area contributed by atoms with Crippen molar-refractivity contribution >= 4 is 44.7 Å². The van der Waals surface area contributed by atoms with Gasteiger partial charge in [0.25, 0.3) is 0 Å². The van der Waals surface area contributed by atoms with Crippen molar-refractivity contribution in [3.05, 3.63) is 49.3 Å². The molecule has 92 valence electrons. The number of Topliss-reactive ketones (excluding diaryl/α,β-unsaturated/α-hetero) is 1. The first-order valence-electron chi connectivity index (χ1n) is 5.58. The van der Waals surface area contributed by atoms with Crippen LogP contribution >= 0.6 is 38.9 Å². The number of rotatable bonds is 1. The third-order valence-corrected chi connectivity index (χ3v) is 5.08. The summed E-state index contributed by atoms with van der Waals surface area (Å²) in [5.74, 6) is 0.317. The van der Waals surface area contributed by atoms with Gasteiger partial charge in [0.15, 0.2) is 9.70 Å². The van der Waals surface area contributed by atoms with Gasteiger partial charge in [-0.15, -0.1) is 11.3 Å². The Kier molecular flexibility index (Phi) is 3.26. The van der Waals surface area contributed by atoms with Gasteiger partial charge in [0.1, 0.15) is 0 Å². The lowest BCUT2D eigenvalue weighted by Crippen LogP contribution is -2.17. The molecule has 1 aliphatic carbocycles. The Hall–Kier alpha value is -0.710. The van der Waals surface area contributed by atoms with Crippen molar-refractivity contribution in [1.82, 2.24) is 4.98 Å². The van der Waals surface area contributed by atoms with Gasteiger partial charge in [-0.3, -0.25) is 4.79 Å². The van der Waals surface area contributed by atoms with Gasteiger partial charge in [-0.05, 0) is 39.9 Å². The zero-order valence-electron chi connectivity index (χ0n) is 9.32. The minimum atomic E-state index is 0.146. The third-order valence-electron chi connectivity index (χ3n) is 3.14. The number of ketones is 1. The van der Waals surface area contributed by atoms with E-state index in [1.54, 1.807) is 0 Å². The van der Waals surface area contributed by atoms with Crippen LogP contribution in [0.25, 0.3) is 0 Å². The number of halogens is 2. The summed E-state index contributed by atoms with van der Waals surface area (Å²) in [7, 11) is 0. The van der Waals surface area contributed by atoms with Crippen LogP contribution in [0.3, 0.4) is 0 Å². The summed E-state index contributed by atoms with van der Waals surface area (Å²) in [6.07, 6.45) is 1.30. The van der Waals surface area contributed by atoms with Crippen LogP contribution in [-0.2, 0) is 6.42 Å². The summed E-state index contributed by atoms with van der Waals surface area (Å²) in [6, 6.07) is 7.72. The fourth-order valence-corrected chi connectivity index (χ4v) is 4.09. The van der Waals surface area contributed by atoms with E-state index in [0.717, 1.165) is 31.5 Å². The number of hydrogen-bond acceptors (Lipinski definition) is 3. The molecule has 0 saturated carbocycles. The van der Waals surface area contributed by atoms with Crippen molar-refractivity contribution < 1.29 is 4.79 Å². The fourth-order valence-electron chi connectivity index (χ4n) is 2.33. The molecule has 0 bridgehead atoms. The summed E-state index contributed by atoms with van der Waals surface area (Å²) >= 11 is 11.0. The van der Waals surface area contributed by atoms with Gasteiger partial charge in [0.05, 0.1) is 10.6 Å². The molecule has 0 saturated heterocycles. The van der Waals surface area contributed by atoms with E-state index in [1.165, 1.54) is 11.3 Å². The van der Waals surface area contributed by atoms with Crippen molar-refractivity contribution in [3.8, 4) is 0 Å². The van der Waals surface area contributed by atoms with Crippen molar-refractivity contribution in [3.63, 3.8) is 0 Å². The molecule has 1 atom stereocenters. The van der Waals surface area contributed by atoms with Crippen LogP contribution in [0.15, 0.2) is 28.2 Å². The quantitative estimate of drug-likeness (QED) is 0.765. The van der Waals surface area contributed by atoms with E-state index in [0.29, 0.717) is 6.42 Å². The molecule has 0 fully saturated rings. The summed E-state index contributed by atoms with van der Waals surface area (Å²) in [4.78, 5) is 17.3. The van der Waals surface area contributed by atoms with E-state index in [4.69, 9.17) is 11.6 Å². The molecular formula is C13H9BrClNOS. The number of aromatic nitrogens is 1. The molecule has 0 radical (unpaired) electrons. The van der Waals surface area contributed by atoms with E-state index in [2.05, 4.69) is 20.9 Å². The maximum absolute atomic E-state index is 12.1. The van der Waals surface area contributed by atoms with Gasteiger partial charge in [0, 0.05) is 11.4 Å². The summed E-state index contributed by atoms with van der Waals surface area (Å²) in [5.41, 5.74) is 1.94. The molecule has 1 unspecified atom stereocenters. The average Bonchev–Trinajstić information content (AvgIpc) is 2.71. The second kappa shape index (κ2) is 4.76. The number of hydrogen-bond donors (Lipinski definition) is 0. The molecule has 3 rings (SSSR count). The van der Waals surface area contributed by atoms with E-state index < -0.39 is 0 Å². The van der Waals surface area contributed by atoms with Gasteiger partial charge in [-0.25, -0.2) is 4.98 Å². The summed E-state index contributed by atoms with van der Waals surface area (Å²) in [5, 5.41) is 0.730. The zero-order valence-corrected chi connectivity index (χ0v) is 12.5. The highest BCUT2D eigenvalue weighted by Gasteiger charge is 2.30. The van der Waals surface area contributed by atoms with E-state index in [1.807, 2.05) is 24.3 Å². The lowest BCUT2D eigenvalue weighted by Gasteiger charge is -2.21. The topological polar surface area (TPSA) is 30.0 Å². The zero-order chi connectivity index (χ0) is 12.7. The molecule has 0 N–H and O–H groups in total. The van der Waals surface area contributed by atoms with Crippen LogP contribution in [0.2, 0.25) is 5.02 Å². The molecular weight excluding hydrogens is 334 g/mol. The first-order valence-corrected chi connectivity index (χ1v) is 7.56. The maximum Gasteiger partial charge on any atom is 0.175 e. The molecule has 5 heteroatoms.